The van der Waals surface area contributed by atoms with Gasteiger partial charge < -0.3 is 9.47 Å². The van der Waals surface area contributed by atoms with Gasteiger partial charge in [-0.2, -0.15) is 0 Å². The van der Waals surface area contributed by atoms with Gasteiger partial charge in [0.25, 0.3) is 0 Å². The van der Waals surface area contributed by atoms with Gasteiger partial charge in [0.15, 0.2) is 0 Å². The molecule has 0 radical (unpaired) electrons. The zero-order valence-electron chi connectivity index (χ0n) is 13.2. The molecule has 0 heterocycles. The molecule has 0 amide bonds. The Kier molecular flexibility index (Phi) is 13.9. The lowest BCUT2D eigenvalue weighted by molar-refractivity contribution is -0.140. The fraction of sp³-hybridized carbons (Fsp3) is 0.750. The van der Waals surface area contributed by atoms with E-state index in [1.807, 2.05) is 22.6 Å². The van der Waals surface area contributed by atoms with Crippen molar-refractivity contribution in [2.45, 2.75) is 65.2 Å². The van der Waals surface area contributed by atoms with E-state index in [0.717, 1.165) is 51.4 Å². The molecule has 0 aromatic carbocycles. The maximum absolute atomic E-state index is 11.6. The third kappa shape index (κ3) is 12.8. The first-order chi connectivity index (χ1) is 10.1. The first kappa shape index (κ1) is 20.4. The predicted molar refractivity (Wildman–Crippen MR) is 92.3 cm³/mol. The van der Waals surface area contributed by atoms with E-state index in [-0.39, 0.29) is 3.58 Å². The minimum absolute atomic E-state index is 0.265. The van der Waals surface area contributed by atoms with Crippen molar-refractivity contribution in [3.8, 4) is 0 Å². The summed E-state index contributed by atoms with van der Waals surface area (Å²) in [7, 11) is 0. The summed E-state index contributed by atoms with van der Waals surface area (Å²) in [6.07, 6.45) is 9.65. The van der Waals surface area contributed by atoms with Crippen LogP contribution < -0.4 is 0 Å². The fourth-order valence-corrected chi connectivity index (χ4v) is 2.08. The molecular formula is C16H27IO4. The predicted octanol–water partition coefficient (Wildman–Crippen LogP) is 4.55. The number of esters is 2. The lowest BCUT2D eigenvalue weighted by atomic mass is 10.2. The highest BCUT2D eigenvalue weighted by atomic mass is 127. The summed E-state index contributed by atoms with van der Waals surface area (Å²) in [6, 6.07) is 0. The molecule has 0 saturated heterocycles. The van der Waals surface area contributed by atoms with Gasteiger partial charge in [-0.15, -0.1) is 0 Å². The molecule has 122 valence electrons. The largest absolute Gasteiger partial charge is 0.463 e. The van der Waals surface area contributed by atoms with E-state index >= 15 is 0 Å². The SMILES string of the molecule is CCCCCCOC(=O)/C=C(\I)C(=O)OCCCCCC. The van der Waals surface area contributed by atoms with Gasteiger partial charge in [0, 0.05) is 6.08 Å². The molecule has 0 saturated carbocycles. The summed E-state index contributed by atoms with van der Waals surface area (Å²) in [5, 5.41) is 0. The van der Waals surface area contributed by atoms with Crippen molar-refractivity contribution in [2.75, 3.05) is 13.2 Å². The van der Waals surface area contributed by atoms with Gasteiger partial charge in [-0.25, -0.2) is 9.59 Å². The van der Waals surface area contributed by atoms with Crippen LogP contribution in [0.5, 0.6) is 0 Å². The minimum atomic E-state index is -0.473. The van der Waals surface area contributed by atoms with Gasteiger partial charge in [0.05, 0.1) is 13.2 Å². The second-order valence-electron chi connectivity index (χ2n) is 4.92. The number of rotatable bonds is 12. The van der Waals surface area contributed by atoms with E-state index in [4.69, 9.17) is 9.47 Å². The summed E-state index contributed by atoms with van der Waals surface area (Å²) in [4.78, 5) is 23.1. The van der Waals surface area contributed by atoms with E-state index in [9.17, 15) is 9.59 Å². The Balaban J connectivity index is 3.81. The Morgan fingerprint density at radius 2 is 1.38 bits per heavy atom. The Morgan fingerprint density at radius 3 is 1.90 bits per heavy atom. The molecule has 0 aliphatic carbocycles. The average Bonchev–Trinajstić information content (AvgIpc) is 2.46. The van der Waals surface area contributed by atoms with Gasteiger partial charge in [-0.1, -0.05) is 52.4 Å². The summed E-state index contributed by atoms with van der Waals surface area (Å²) >= 11 is 1.81. The monoisotopic (exact) mass is 410 g/mol. The standard InChI is InChI=1S/C16H27IO4/c1-3-5-7-9-11-20-15(18)13-14(17)16(19)21-12-10-8-6-4-2/h13H,3-12H2,1-2H3/b14-13-. The van der Waals surface area contributed by atoms with Crippen molar-refractivity contribution in [3.63, 3.8) is 0 Å². The van der Waals surface area contributed by atoms with E-state index in [1.165, 1.54) is 6.08 Å². The number of ether oxygens (including phenoxy) is 2. The first-order valence-electron chi connectivity index (χ1n) is 7.82. The highest BCUT2D eigenvalue weighted by molar-refractivity contribution is 14.1. The molecule has 0 spiro atoms. The van der Waals surface area contributed by atoms with Crippen molar-refractivity contribution >= 4 is 34.5 Å². The second-order valence-corrected chi connectivity index (χ2v) is 6.08. The molecule has 0 N–H and O–H groups in total. The highest BCUT2D eigenvalue weighted by Crippen LogP contribution is 2.10. The van der Waals surface area contributed by atoms with Crippen molar-refractivity contribution in [3.05, 3.63) is 9.66 Å². The molecule has 0 aliphatic heterocycles. The Morgan fingerprint density at radius 1 is 0.857 bits per heavy atom. The molecule has 0 fully saturated rings. The minimum Gasteiger partial charge on any atom is -0.463 e. The van der Waals surface area contributed by atoms with Crippen LogP contribution >= 0.6 is 22.6 Å². The summed E-state index contributed by atoms with van der Waals surface area (Å²) in [5.74, 6) is -0.922. The summed E-state index contributed by atoms with van der Waals surface area (Å²) in [6.45, 7) is 5.08. The average molecular weight is 410 g/mol. The van der Waals surface area contributed by atoms with Gasteiger partial charge in [0.1, 0.15) is 3.58 Å². The van der Waals surface area contributed by atoms with Gasteiger partial charge >= 0.3 is 11.9 Å². The maximum Gasteiger partial charge on any atom is 0.344 e. The molecule has 0 aromatic heterocycles. The Hall–Kier alpha value is -0.590. The molecule has 0 aliphatic rings. The molecule has 0 rings (SSSR count). The number of carbonyl (C=O) groups is 2. The van der Waals surface area contributed by atoms with Crippen LogP contribution in [0.4, 0.5) is 0 Å². The normalized spacial score (nSPS) is 11.3. The summed E-state index contributed by atoms with van der Waals surface area (Å²) < 4.78 is 10.4. The lowest BCUT2D eigenvalue weighted by Crippen LogP contribution is -2.09. The summed E-state index contributed by atoms with van der Waals surface area (Å²) in [5.41, 5.74) is 0. The molecule has 0 unspecified atom stereocenters. The number of hydrogen-bond acceptors (Lipinski definition) is 4. The van der Waals surface area contributed by atoms with E-state index < -0.39 is 11.9 Å². The molecule has 0 atom stereocenters. The topological polar surface area (TPSA) is 52.6 Å². The van der Waals surface area contributed by atoms with Crippen LogP contribution in [-0.2, 0) is 19.1 Å². The van der Waals surface area contributed by atoms with Crippen molar-refractivity contribution in [1.82, 2.24) is 0 Å². The Labute approximate surface area is 141 Å². The fourth-order valence-electron chi connectivity index (χ4n) is 1.67. The van der Waals surface area contributed by atoms with Crippen LogP contribution in [-0.4, -0.2) is 25.2 Å². The molecular weight excluding hydrogens is 383 g/mol. The number of carbonyl (C=O) groups excluding carboxylic acids is 2. The maximum atomic E-state index is 11.6. The van der Waals surface area contributed by atoms with E-state index in [1.54, 1.807) is 0 Å². The number of unbranched alkanes of at least 4 members (excludes halogenated alkanes) is 6. The van der Waals surface area contributed by atoms with Crippen LogP contribution in [0.25, 0.3) is 0 Å². The van der Waals surface area contributed by atoms with Crippen LogP contribution in [0.2, 0.25) is 0 Å². The van der Waals surface area contributed by atoms with Crippen LogP contribution in [0.1, 0.15) is 65.2 Å². The quantitative estimate of drug-likeness (QED) is 0.205. The molecule has 4 nitrogen and oxygen atoms in total. The first-order valence-corrected chi connectivity index (χ1v) is 8.90. The van der Waals surface area contributed by atoms with Crippen LogP contribution in [0, 0.1) is 0 Å². The lowest BCUT2D eigenvalue weighted by Gasteiger charge is -2.04. The van der Waals surface area contributed by atoms with E-state index in [0.29, 0.717) is 13.2 Å². The molecule has 21 heavy (non-hydrogen) atoms. The van der Waals surface area contributed by atoms with Crippen LogP contribution in [0.3, 0.4) is 0 Å². The van der Waals surface area contributed by atoms with Gasteiger partial charge in [-0.3, -0.25) is 0 Å². The van der Waals surface area contributed by atoms with Crippen molar-refractivity contribution in [2.24, 2.45) is 0 Å². The van der Waals surface area contributed by atoms with Gasteiger partial charge in [-0.05, 0) is 35.4 Å². The van der Waals surface area contributed by atoms with E-state index in [2.05, 4.69) is 13.8 Å². The third-order valence-electron chi connectivity index (χ3n) is 2.91. The molecule has 0 bridgehead atoms. The molecule has 0 aromatic rings. The number of halogens is 1. The zero-order chi connectivity index (χ0) is 15.9. The third-order valence-corrected chi connectivity index (χ3v) is 3.66. The Bertz CT molecular complexity index is 326. The van der Waals surface area contributed by atoms with Gasteiger partial charge in [0.2, 0.25) is 0 Å². The second kappa shape index (κ2) is 14.4. The highest BCUT2D eigenvalue weighted by Gasteiger charge is 2.10. The smallest absolute Gasteiger partial charge is 0.344 e. The molecule has 5 heteroatoms. The number of hydrogen-bond donors (Lipinski definition) is 0. The van der Waals surface area contributed by atoms with Crippen molar-refractivity contribution < 1.29 is 19.1 Å². The van der Waals surface area contributed by atoms with Crippen LogP contribution in [0.15, 0.2) is 9.66 Å². The van der Waals surface area contributed by atoms with Crippen molar-refractivity contribution in [1.29, 1.82) is 0 Å². The zero-order valence-corrected chi connectivity index (χ0v) is 15.3.